The number of hydrogen-bond donors (Lipinski definition) is 3. The number of anilines is 1. The van der Waals surface area contributed by atoms with Gasteiger partial charge >= 0.3 is 6.09 Å². The van der Waals surface area contributed by atoms with Crippen LogP contribution in [0.3, 0.4) is 0 Å². The molecule has 43 heavy (non-hydrogen) atoms. The molecule has 0 unspecified atom stereocenters. The summed E-state index contributed by atoms with van der Waals surface area (Å²) >= 11 is 0. The number of carbonyl (C=O) groups is 3. The van der Waals surface area contributed by atoms with Gasteiger partial charge in [0.1, 0.15) is 17.7 Å². The number of nitrogens with one attached hydrogen (secondary N) is 3. The summed E-state index contributed by atoms with van der Waals surface area (Å²) in [5, 5.41) is 17.5. The number of rotatable bonds is 7. The number of H-pyrrole nitrogens is 1. The van der Waals surface area contributed by atoms with Gasteiger partial charge in [-0.05, 0) is 81.1 Å². The fourth-order valence-corrected chi connectivity index (χ4v) is 5.18. The molecule has 3 aromatic carbocycles. The summed E-state index contributed by atoms with van der Waals surface area (Å²) in [5.41, 5.74) is 2.84. The van der Waals surface area contributed by atoms with Crippen molar-refractivity contribution >= 4 is 40.2 Å². The number of fused-ring (bicyclic) bond motifs is 1. The maximum absolute atomic E-state index is 13.8. The molecule has 2 atom stereocenters. The second-order valence-corrected chi connectivity index (χ2v) is 11.5. The molecule has 11 heteroatoms. The van der Waals surface area contributed by atoms with Gasteiger partial charge in [0.25, 0.3) is 11.6 Å². The van der Waals surface area contributed by atoms with Gasteiger partial charge in [-0.3, -0.25) is 19.7 Å². The molecular weight excluding hydrogens is 550 g/mol. The molecule has 0 radical (unpaired) electrons. The van der Waals surface area contributed by atoms with Crippen molar-refractivity contribution in [2.24, 2.45) is 0 Å². The van der Waals surface area contributed by atoms with Gasteiger partial charge < -0.3 is 25.3 Å². The van der Waals surface area contributed by atoms with Gasteiger partial charge in [0.15, 0.2) is 0 Å². The average molecular weight is 584 g/mol. The first kappa shape index (κ1) is 29.3. The van der Waals surface area contributed by atoms with Gasteiger partial charge in [-0.2, -0.15) is 0 Å². The molecule has 1 fully saturated rings. The lowest BCUT2D eigenvalue weighted by atomic mass is 10.0. The van der Waals surface area contributed by atoms with E-state index in [0.29, 0.717) is 30.6 Å². The molecule has 2 heterocycles. The number of hydrogen-bond acceptors (Lipinski definition) is 6. The van der Waals surface area contributed by atoms with Crippen LogP contribution in [0.1, 0.15) is 45.2 Å². The highest BCUT2D eigenvalue weighted by molar-refractivity contribution is 6.00. The maximum Gasteiger partial charge on any atom is 0.408 e. The van der Waals surface area contributed by atoms with E-state index in [4.69, 9.17) is 4.74 Å². The highest BCUT2D eigenvalue weighted by Crippen LogP contribution is 2.29. The number of carbonyl (C=O) groups excluding carboxylic acids is 3. The lowest BCUT2D eigenvalue weighted by Gasteiger charge is -2.29. The molecule has 0 spiro atoms. The first-order chi connectivity index (χ1) is 20.5. The smallest absolute Gasteiger partial charge is 0.408 e. The molecule has 11 nitrogen and oxygen atoms in total. The number of nitrogens with zero attached hydrogens (tertiary/aromatic N) is 2. The van der Waals surface area contributed by atoms with E-state index in [9.17, 15) is 24.5 Å². The fraction of sp³-hybridized carbons (Fsp3) is 0.281. The number of amides is 3. The van der Waals surface area contributed by atoms with Crippen LogP contribution in [0.15, 0.2) is 78.9 Å². The largest absolute Gasteiger partial charge is 0.444 e. The predicted octanol–water partition coefficient (Wildman–Crippen LogP) is 5.94. The number of aromatic amines is 1. The van der Waals surface area contributed by atoms with Gasteiger partial charge in [0, 0.05) is 41.0 Å². The molecule has 4 aromatic rings. The third-order valence-electron chi connectivity index (χ3n) is 7.16. The molecule has 0 saturated carbocycles. The van der Waals surface area contributed by atoms with E-state index in [2.05, 4.69) is 15.6 Å². The number of benzene rings is 3. The summed E-state index contributed by atoms with van der Waals surface area (Å²) in [5.74, 6) is -0.705. The Morgan fingerprint density at radius 1 is 1.02 bits per heavy atom. The van der Waals surface area contributed by atoms with Crippen molar-refractivity contribution in [2.75, 3.05) is 11.9 Å². The van der Waals surface area contributed by atoms with Gasteiger partial charge in [-0.15, -0.1) is 0 Å². The SMILES string of the molecule is CC(C)(C)OC(=O)N[C@@H](C(=O)N1CCC[C@H]1C(=O)Nc1ccc2[nH]c(-c3ccc([N+](=O)[O-])cc3)cc2c1)c1ccccc1. The Hall–Kier alpha value is -5.19. The zero-order chi connectivity index (χ0) is 30.7. The second kappa shape index (κ2) is 12.0. The number of non-ortho nitro benzene ring substituents is 1. The van der Waals surface area contributed by atoms with Crippen LogP contribution in [0.25, 0.3) is 22.2 Å². The zero-order valence-electron chi connectivity index (χ0n) is 24.1. The van der Waals surface area contributed by atoms with E-state index in [1.807, 2.05) is 24.3 Å². The first-order valence-corrected chi connectivity index (χ1v) is 14.0. The summed E-state index contributed by atoms with van der Waals surface area (Å²) < 4.78 is 5.41. The third-order valence-corrected chi connectivity index (χ3v) is 7.16. The minimum absolute atomic E-state index is 0.0139. The minimum Gasteiger partial charge on any atom is -0.444 e. The Morgan fingerprint density at radius 2 is 1.74 bits per heavy atom. The number of ether oxygens (including phenoxy) is 1. The number of nitro benzene ring substituents is 1. The Balaban J connectivity index is 1.32. The van der Waals surface area contributed by atoms with E-state index in [1.165, 1.54) is 17.0 Å². The molecule has 5 rings (SSSR count). The van der Waals surface area contributed by atoms with Gasteiger partial charge in [0.2, 0.25) is 5.91 Å². The van der Waals surface area contributed by atoms with E-state index in [-0.39, 0.29) is 17.5 Å². The highest BCUT2D eigenvalue weighted by Gasteiger charge is 2.38. The van der Waals surface area contributed by atoms with Crippen molar-refractivity contribution < 1.29 is 24.0 Å². The normalized spacial score (nSPS) is 15.6. The average Bonchev–Trinajstić information content (AvgIpc) is 3.63. The number of likely N-dealkylation sites (tertiary alicyclic amines) is 1. The minimum atomic E-state index is -1.02. The molecule has 0 aliphatic carbocycles. The summed E-state index contributed by atoms with van der Waals surface area (Å²) in [7, 11) is 0. The van der Waals surface area contributed by atoms with E-state index < -0.39 is 28.7 Å². The predicted molar refractivity (Wildman–Crippen MR) is 162 cm³/mol. The fourth-order valence-electron chi connectivity index (χ4n) is 5.18. The molecule has 3 N–H and O–H groups in total. The number of aromatic nitrogens is 1. The van der Waals surface area contributed by atoms with Crippen molar-refractivity contribution in [3.63, 3.8) is 0 Å². The molecule has 1 aromatic heterocycles. The van der Waals surface area contributed by atoms with Crippen LogP contribution in [-0.4, -0.2) is 50.9 Å². The number of nitro groups is 1. The highest BCUT2D eigenvalue weighted by atomic mass is 16.6. The van der Waals surface area contributed by atoms with E-state index in [0.717, 1.165) is 22.2 Å². The Kier molecular flexibility index (Phi) is 8.16. The lowest BCUT2D eigenvalue weighted by molar-refractivity contribution is -0.384. The third kappa shape index (κ3) is 6.83. The molecular formula is C32H33N5O6. The zero-order valence-corrected chi connectivity index (χ0v) is 24.1. The Morgan fingerprint density at radius 3 is 2.42 bits per heavy atom. The molecule has 1 saturated heterocycles. The molecule has 3 amide bonds. The van der Waals surface area contributed by atoms with Crippen molar-refractivity contribution in [1.29, 1.82) is 0 Å². The van der Waals surface area contributed by atoms with Gasteiger partial charge in [0.05, 0.1) is 4.92 Å². The molecule has 1 aliphatic heterocycles. The summed E-state index contributed by atoms with van der Waals surface area (Å²) in [4.78, 5) is 55.3. The monoisotopic (exact) mass is 583 g/mol. The van der Waals surface area contributed by atoms with Crippen LogP contribution in [0, 0.1) is 10.1 Å². The van der Waals surface area contributed by atoms with Crippen LogP contribution in [0.4, 0.5) is 16.2 Å². The van der Waals surface area contributed by atoms with Crippen LogP contribution in [-0.2, 0) is 14.3 Å². The van der Waals surface area contributed by atoms with Gasteiger partial charge in [-0.25, -0.2) is 4.79 Å². The van der Waals surface area contributed by atoms with Crippen molar-refractivity contribution in [2.45, 2.75) is 51.3 Å². The second-order valence-electron chi connectivity index (χ2n) is 11.5. The van der Waals surface area contributed by atoms with E-state index in [1.54, 1.807) is 63.2 Å². The number of alkyl carbamates (subject to hydrolysis) is 1. The summed E-state index contributed by atoms with van der Waals surface area (Å²) in [6.45, 7) is 5.61. The quantitative estimate of drug-likeness (QED) is 0.181. The Bertz CT molecular complexity index is 1660. The van der Waals surface area contributed by atoms with Crippen molar-refractivity contribution in [3.8, 4) is 11.3 Å². The first-order valence-electron chi connectivity index (χ1n) is 14.0. The van der Waals surface area contributed by atoms with Crippen LogP contribution in [0.2, 0.25) is 0 Å². The maximum atomic E-state index is 13.8. The standard InChI is InChI=1S/C32H33N5O6/c1-32(2,3)43-31(40)35-28(21-8-5-4-6-9-21)30(39)36-17-7-10-27(36)29(38)33-23-13-16-25-22(18-23)19-26(34-25)20-11-14-24(15-12-20)37(41)42/h4-6,8-9,11-16,18-19,27-28,34H,7,10,17H2,1-3H3,(H,33,38)(H,35,40)/t27-,28+/m0/s1. The Labute approximate surface area is 248 Å². The lowest BCUT2D eigenvalue weighted by Crippen LogP contribution is -2.49. The topological polar surface area (TPSA) is 147 Å². The van der Waals surface area contributed by atoms with Crippen LogP contribution < -0.4 is 10.6 Å². The molecule has 0 bridgehead atoms. The molecule has 222 valence electrons. The molecule has 1 aliphatic rings. The van der Waals surface area contributed by atoms with Crippen molar-refractivity contribution in [3.05, 3.63) is 94.5 Å². The van der Waals surface area contributed by atoms with Crippen molar-refractivity contribution in [1.82, 2.24) is 15.2 Å². The van der Waals surface area contributed by atoms with E-state index >= 15 is 0 Å². The van der Waals surface area contributed by atoms with Crippen LogP contribution >= 0.6 is 0 Å². The summed E-state index contributed by atoms with van der Waals surface area (Å²) in [6.07, 6.45) is 0.415. The van der Waals surface area contributed by atoms with Crippen LogP contribution in [0.5, 0.6) is 0 Å². The summed E-state index contributed by atoms with van der Waals surface area (Å²) in [6, 6.07) is 20.8. The van der Waals surface area contributed by atoms with Gasteiger partial charge in [-0.1, -0.05) is 30.3 Å².